The Morgan fingerprint density at radius 3 is 2.81 bits per heavy atom. The summed E-state index contributed by atoms with van der Waals surface area (Å²) in [6, 6.07) is 0.379. The maximum atomic E-state index is 5.64. The largest absolute Gasteiger partial charge is 0.273 e. The van der Waals surface area contributed by atoms with Gasteiger partial charge in [0, 0.05) is 18.8 Å². The van der Waals surface area contributed by atoms with E-state index in [-0.39, 0.29) is 0 Å². The predicted octanol–water partition coefficient (Wildman–Crippen LogP) is 1.32. The van der Waals surface area contributed by atoms with Gasteiger partial charge in [-0.25, -0.2) is 0 Å². The van der Waals surface area contributed by atoms with Crippen LogP contribution in [0.2, 0.25) is 0 Å². The minimum absolute atomic E-state index is 0.379. The standard InChI is InChI=1S/C12H22N4/c1-4-16-8-9(7-14-16)5-11(15-13)10-6-12(10,2)3/h7-8,10-11,15H,4-6,13H2,1-3H3. The van der Waals surface area contributed by atoms with Crippen molar-refractivity contribution in [2.24, 2.45) is 17.2 Å². The second-order valence-corrected chi connectivity index (χ2v) is 5.48. The summed E-state index contributed by atoms with van der Waals surface area (Å²) in [5, 5.41) is 4.29. The first kappa shape index (κ1) is 11.6. The number of nitrogens with one attached hydrogen (secondary N) is 1. The van der Waals surface area contributed by atoms with Crippen molar-refractivity contribution in [1.29, 1.82) is 0 Å². The van der Waals surface area contributed by atoms with Crippen LogP contribution in [0.4, 0.5) is 0 Å². The van der Waals surface area contributed by atoms with Crippen molar-refractivity contribution in [3.05, 3.63) is 18.0 Å². The molecule has 0 bridgehead atoms. The van der Waals surface area contributed by atoms with Gasteiger partial charge in [-0.1, -0.05) is 13.8 Å². The summed E-state index contributed by atoms with van der Waals surface area (Å²) >= 11 is 0. The second kappa shape index (κ2) is 4.18. The van der Waals surface area contributed by atoms with Crippen LogP contribution in [0.25, 0.3) is 0 Å². The van der Waals surface area contributed by atoms with Gasteiger partial charge in [0.25, 0.3) is 0 Å². The Morgan fingerprint density at radius 2 is 2.38 bits per heavy atom. The van der Waals surface area contributed by atoms with Crippen LogP contribution in [0, 0.1) is 11.3 Å². The van der Waals surface area contributed by atoms with Crippen LogP contribution in [0.3, 0.4) is 0 Å². The Hall–Kier alpha value is -0.870. The zero-order valence-corrected chi connectivity index (χ0v) is 10.4. The summed E-state index contributed by atoms with van der Waals surface area (Å²) in [5.74, 6) is 6.34. The highest BCUT2D eigenvalue weighted by Gasteiger charge is 2.49. The van der Waals surface area contributed by atoms with Gasteiger partial charge in [-0.05, 0) is 36.7 Å². The highest BCUT2D eigenvalue weighted by molar-refractivity contribution is 5.11. The van der Waals surface area contributed by atoms with Crippen LogP contribution >= 0.6 is 0 Å². The summed E-state index contributed by atoms with van der Waals surface area (Å²) in [5.41, 5.74) is 4.69. The summed E-state index contributed by atoms with van der Waals surface area (Å²) in [7, 11) is 0. The molecule has 1 fully saturated rings. The number of nitrogens with two attached hydrogens (primary N) is 1. The summed E-state index contributed by atoms with van der Waals surface area (Å²) in [6.45, 7) is 7.63. The zero-order chi connectivity index (χ0) is 11.8. The van der Waals surface area contributed by atoms with E-state index >= 15 is 0 Å². The normalized spacial score (nSPS) is 24.4. The van der Waals surface area contributed by atoms with Crippen molar-refractivity contribution in [1.82, 2.24) is 15.2 Å². The Balaban J connectivity index is 1.97. The van der Waals surface area contributed by atoms with E-state index in [1.165, 1.54) is 12.0 Å². The quantitative estimate of drug-likeness (QED) is 0.583. The molecule has 4 heteroatoms. The van der Waals surface area contributed by atoms with E-state index in [1.54, 1.807) is 0 Å². The number of rotatable bonds is 5. The number of hydrazine groups is 1. The highest BCUT2D eigenvalue weighted by atomic mass is 15.3. The fraction of sp³-hybridized carbons (Fsp3) is 0.750. The smallest absolute Gasteiger partial charge is 0.0522 e. The molecule has 2 atom stereocenters. The van der Waals surface area contributed by atoms with Gasteiger partial charge in [-0.2, -0.15) is 5.10 Å². The number of aryl methyl sites for hydroxylation is 1. The molecule has 4 nitrogen and oxygen atoms in total. The molecule has 0 radical (unpaired) electrons. The third-order valence-corrected chi connectivity index (χ3v) is 3.76. The van der Waals surface area contributed by atoms with Gasteiger partial charge in [0.15, 0.2) is 0 Å². The molecule has 0 amide bonds. The van der Waals surface area contributed by atoms with Crippen LogP contribution in [-0.2, 0) is 13.0 Å². The monoisotopic (exact) mass is 222 g/mol. The summed E-state index contributed by atoms with van der Waals surface area (Å²) < 4.78 is 1.96. The SMILES string of the molecule is CCn1cc(CC(NN)C2CC2(C)C)cn1. The number of nitrogens with zero attached hydrogens (tertiary/aromatic N) is 2. The Bertz CT molecular complexity index is 356. The highest BCUT2D eigenvalue weighted by Crippen LogP contribution is 2.53. The molecular weight excluding hydrogens is 200 g/mol. The first-order valence-corrected chi connectivity index (χ1v) is 6.04. The molecule has 0 aromatic carbocycles. The topological polar surface area (TPSA) is 55.9 Å². The molecule has 1 heterocycles. The van der Waals surface area contributed by atoms with Crippen LogP contribution in [0.15, 0.2) is 12.4 Å². The fourth-order valence-electron chi connectivity index (χ4n) is 2.45. The lowest BCUT2D eigenvalue weighted by Crippen LogP contribution is -2.39. The second-order valence-electron chi connectivity index (χ2n) is 5.48. The van der Waals surface area contributed by atoms with Crippen LogP contribution < -0.4 is 11.3 Å². The first-order chi connectivity index (χ1) is 7.56. The van der Waals surface area contributed by atoms with E-state index in [0.717, 1.165) is 13.0 Å². The van der Waals surface area contributed by atoms with E-state index in [1.807, 2.05) is 10.9 Å². The predicted molar refractivity (Wildman–Crippen MR) is 64.6 cm³/mol. The molecule has 0 aliphatic heterocycles. The minimum atomic E-state index is 0.379. The summed E-state index contributed by atoms with van der Waals surface area (Å²) in [4.78, 5) is 0. The zero-order valence-electron chi connectivity index (χ0n) is 10.4. The maximum absolute atomic E-state index is 5.64. The van der Waals surface area contributed by atoms with E-state index < -0.39 is 0 Å². The number of hydrogen-bond acceptors (Lipinski definition) is 3. The van der Waals surface area contributed by atoms with E-state index in [9.17, 15) is 0 Å². The lowest BCUT2D eigenvalue weighted by molar-refractivity contribution is 0.408. The number of aromatic nitrogens is 2. The molecule has 0 saturated heterocycles. The third-order valence-electron chi connectivity index (χ3n) is 3.76. The van der Waals surface area contributed by atoms with Crippen LogP contribution in [-0.4, -0.2) is 15.8 Å². The van der Waals surface area contributed by atoms with Crippen molar-refractivity contribution >= 4 is 0 Å². The molecule has 2 unspecified atom stereocenters. The molecule has 2 rings (SSSR count). The molecule has 3 N–H and O–H groups in total. The Morgan fingerprint density at radius 1 is 1.69 bits per heavy atom. The van der Waals surface area contributed by atoms with Gasteiger partial charge in [-0.15, -0.1) is 0 Å². The first-order valence-electron chi connectivity index (χ1n) is 6.04. The van der Waals surface area contributed by atoms with Gasteiger partial charge < -0.3 is 0 Å². The van der Waals surface area contributed by atoms with Gasteiger partial charge in [0.2, 0.25) is 0 Å². The maximum Gasteiger partial charge on any atom is 0.0522 e. The lowest BCUT2D eigenvalue weighted by atomic mass is 9.99. The van der Waals surface area contributed by atoms with E-state index in [2.05, 4.69) is 37.5 Å². The van der Waals surface area contributed by atoms with Crippen molar-refractivity contribution in [3.8, 4) is 0 Å². The van der Waals surface area contributed by atoms with E-state index in [0.29, 0.717) is 17.4 Å². The van der Waals surface area contributed by atoms with Crippen molar-refractivity contribution in [3.63, 3.8) is 0 Å². The van der Waals surface area contributed by atoms with Crippen molar-refractivity contribution in [2.75, 3.05) is 0 Å². The van der Waals surface area contributed by atoms with E-state index in [4.69, 9.17) is 5.84 Å². The van der Waals surface area contributed by atoms with Gasteiger partial charge in [0.05, 0.1) is 6.20 Å². The minimum Gasteiger partial charge on any atom is -0.273 e. The Kier molecular flexibility index (Phi) is 3.04. The third kappa shape index (κ3) is 2.28. The Labute approximate surface area is 97.2 Å². The van der Waals surface area contributed by atoms with Crippen molar-refractivity contribution < 1.29 is 0 Å². The molecule has 1 aromatic heterocycles. The van der Waals surface area contributed by atoms with Gasteiger partial charge in [0.1, 0.15) is 0 Å². The van der Waals surface area contributed by atoms with Gasteiger partial charge >= 0.3 is 0 Å². The molecule has 1 saturated carbocycles. The average molecular weight is 222 g/mol. The van der Waals surface area contributed by atoms with Gasteiger partial charge in [-0.3, -0.25) is 16.0 Å². The lowest BCUT2D eigenvalue weighted by Gasteiger charge is -2.16. The fourth-order valence-corrected chi connectivity index (χ4v) is 2.45. The molecular formula is C12H22N4. The van der Waals surface area contributed by atoms with Crippen molar-refractivity contribution in [2.45, 2.75) is 46.2 Å². The molecule has 1 aliphatic carbocycles. The molecule has 90 valence electrons. The summed E-state index contributed by atoms with van der Waals surface area (Å²) in [6.07, 6.45) is 6.30. The molecule has 0 spiro atoms. The molecule has 1 aromatic rings. The molecule has 16 heavy (non-hydrogen) atoms. The van der Waals surface area contributed by atoms with Crippen LogP contribution in [0.5, 0.6) is 0 Å². The van der Waals surface area contributed by atoms with Crippen LogP contribution in [0.1, 0.15) is 32.8 Å². The number of hydrogen-bond donors (Lipinski definition) is 2. The average Bonchev–Trinajstić information content (AvgIpc) is 2.71. The molecule has 1 aliphatic rings.